The minimum Gasteiger partial charge on any atom is -0.508 e. The molecule has 0 aliphatic carbocycles. The van der Waals surface area contributed by atoms with Crippen LogP contribution < -0.4 is 10.5 Å². The Morgan fingerprint density at radius 3 is 2.37 bits per heavy atom. The average Bonchev–Trinajstić information content (AvgIpc) is 2.82. The van der Waals surface area contributed by atoms with Crippen LogP contribution in [0.25, 0.3) is 0 Å². The number of benzene rings is 1. The van der Waals surface area contributed by atoms with Gasteiger partial charge < -0.3 is 10.4 Å². The van der Waals surface area contributed by atoms with Crippen molar-refractivity contribution in [3.05, 3.63) is 46.8 Å². The normalized spacial score (nSPS) is 13.4. The van der Waals surface area contributed by atoms with Crippen LogP contribution in [0.2, 0.25) is 0 Å². The standard InChI is InChI=1S/C12H14N2O3S2/c1-14-12(8-2-4-10(15)5-3-8)9-6-11(18-7-9)19(13,16)17/h2-7,12,14-15H,1H3,(H2,13,16,17). The van der Waals surface area contributed by atoms with E-state index in [1.807, 2.05) is 0 Å². The first-order valence-corrected chi connectivity index (χ1v) is 7.92. The minimum atomic E-state index is -3.66. The number of rotatable bonds is 4. The summed E-state index contributed by atoms with van der Waals surface area (Å²) in [6.45, 7) is 0. The number of sulfonamides is 1. The molecule has 0 saturated heterocycles. The van der Waals surface area contributed by atoms with Gasteiger partial charge in [-0.2, -0.15) is 0 Å². The molecule has 2 aromatic rings. The summed E-state index contributed by atoms with van der Waals surface area (Å²) >= 11 is 1.10. The predicted octanol–water partition coefficient (Wildman–Crippen LogP) is 1.41. The number of hydrogen-bond donors (Lipinski definition) is 3. The molecule has 0 saturated carbocycles. The first-order valence-electron chi connectivity index (χ1n) is 5.49. The lowest BCUT2D eigenvalue weighted by Gasteiger charge is -2.15. The van der Waals surface area contributed by atoms with Gasteiger partial charge in [0.05, 0.1) is 6.04 Å². The van der Waals surface area contributed by atoms with Gasteiger partial charge in [-0.1, -0.05) is 12.1 Å². The number of hydrogen-bond acceptors (Lipinski definition) is 5. The Hall–Kier alpha value is -1.41. The lowest BCUT2D eigenvalue weighted by Crippen LogP contribution is -2.17. The summed E-state index contributed by atoms with van der Waals surface area (Å²) in [5, 5.41) is 19.2. The van der Waals surface area contributed by atoms with Crippen LogP contribution in [0.4, 0.5) is 0 Å². The monoisotopic (exact) mass is 298 g/mol. The summed E-state index contributed by atoms with van der Waals surface area (Å²) in [5.41, 5.74) is 1.75. The second-order valence-corrected chi connectivity index (χ2v) is 6.76. The summed E-state index contributed by atoms with van der Waals surface area (Å²) in [6.07, 6.45) is 0. The Balaban J connectivity index is 2.37. The van der Waals surface area contributed by atoms with Gasteiger partial charge in [0.15, 0.2) is 0 Å². The fourth-order valence-electron chi connectivity index (χ4n) is 1.82. The number of phenols is 1. The molecular weight excluding hydrogens is 284 g/mol. The molecule has 7 heteroatoms. The number of aromatic hydroxyl groups is 1. The van der Waals surface area contributed by atoms with Crippen LogP contribution >= 0.6 is 11.3 Å². The van der Waals surface area contributed by atoms with E-state index in [1.165, 1.54) is 0 Å². The SMILES string of the molecule is CNC(c1ccc(O)cc1)c1csc(S(N)(=O)=O)c1. The second kappa shape index (κ2) is 5.30. The molecule has 0 spiro atoms. The molecule has 1 heterocycles. The van der Waals surface area contributed by atoms with Crippen molar-refractivity contribution in [2.45, 2.75) is 10.3 Å². The zero-order valence-electron chi connectivity index (χ0n) is 10.2. The van der Waals surface area contributed by atoms with E-state index in [-0.39, 0.29) is 16.0 Å². The zero-order chi connectivity index (χ0) is 14.0. The van der Waals surface area contributed by atoms with Gasteiger partial charge in [-0.3, -0.25) is 0 Å². The van der Waals surface area contributed by atoms with Gasteiger partial charge in [-0.15, -0.1) is 11.3 Å². The van der Waals surface area contributed by atoms with E-state index in [2.05, 4.69) is 5.32 Å². The summed E-state index contributed by atoms with van der Waals surface area (Å²) in [5.74, 6) is 0.189. The van der Waals surface area contributed by atoms with Crippen LogP contribution in [0.1, 0.15) is 17.2 Å². The molecule has 19 heavy (non-hydrogen) atoms. The van der Waals surface area contributed by atoms with E-state index in [9.17, 15) is 13.5 Å². The predicted molar refractivity (Wildman–Crippen MR) is 74.7 cm³/mol. The van der Waals surface area contributed by atoms with Crippen molar-refractivity contribution < 1.29 is 13.5 Å². The third-order valence-corrected chi connectivity index (χ3v) is 5.13. The third-order valence-electron chi connectivity index (χ3n) is 2.72. The van der Waals surface area contributed by atoms with Gasteiger partial charge in [0.25, 0.3) is 0 Å². The van der Waals surface area contributed by atoms with Gasteiger partial charge in [0.1, 0.15) is 9.96 Å². The molecule has 0 aliphatic rings. The maximum absolute atomic E-state index is 11.3. The van der Waals surface area contributed by atoms with E-state index in [1.54, 1.807) is 42.8 Å². The third kappa shape index (κ3) is 3.13. The molecule has 1 atom stereocenters. The maximum atomic E-state index is 11.3. The fraction of sp³-hybridized carbons (Fsp3) is 0.167. The number of primary sulfonamides is 1. The highest BCUT2D eigenvalue weighted by molar-refractivity contribution is 7.91. The minimum absolute atomic E-state index is 0.140. The quantitative estimate of drug-likeness (QED) is 0.795. The molecule has 0 radical (unpaired) electrons. The Morgan fingerprint density at radius 1 is 1.26 bits per heavy atom. The Labute approximate surface area is 115 Å². The second-order valence-electron chi connectivity index (χ2n) is 4.06. The van der Waals surface area contributed by atoms with Gasteiger partial charge in [-0.05, 0) is 41.8 Å². The van der Waals surface area contributed by atoms with Crippen LogP contribution in [0.5, 0.6) is 5.75 Å². The molecular formula is C12H14N2O3S2. The molecule has 4 N–H and O–H groups in total. The van der Waals surface area contributed by atoms with Crippen molar-refractivity contribution in [1.82, 2.24) is 5.32 Å². The highest BCUT2D eigenvalue weighted by atomic mass is 32.2. The summed E-state index contributed by atoms with van der Waals surface area (Å²) < 4.78 is 22.7. The van der Waals surface area contributed by atoms with Crippen molar-refractivity contribution in [2.75, 3.05) is 7.05 Å². The topological polar surface area (TPSA) is 92.4 Å². The number of nitrogens with one attached hydrogen (secondary N) is 1. The molecule has 2 rings (SSSR count). The Bertz CT molecular complexity index is 663. The number of thiophene rings is 1. The van der Waals surface area contributed by atoms with Gasteiger partial charge in [0.2, 0.25) is 10.0 Å². The average molecular weight is 298 g/mol. The van der Waals surface area contributed by atoms with Crippen LogP contribution in [-0.2, 0) is 10.0 Å². The Kier molecular flexibility index (Phi) is 3.91. The van der Waals surface area contributed by atoms with E-state index in [0.717, 1.165) is 22.5 Å². The first kappa shape index (κ1) is 14.0. The van der Waals surface area contributed by atoms with Crippen LogP contribution in [0, 0.1) is 0 Å². The lowest BCUT2D eigenvalue weighted by atomic mass is 10.0. The van der Waals surface area contributed by atoms with Crippen LogP contribution in [0.3, 0.4) is 0 Å². The molecule has 0 amide bonds. The maximum Gasteiger partial charge on any atom is 0.247 e. The number of phenolic OH excluding ortho intramolecular Hbond substituents is 1. The van der Waals surface area contributed by atoms with Crippen molar-refractivity contribution in [2.24, 2.45) is 5.14 Å². The van der Waals surface area contributed by atoms with Crippen molar-refractivity contribution in [3.8, 4) is 5.75 Å². The Morgan fingerprint density at radius 2 is 1.89 bits per heavy atom. The fourth-order valence-corrected chi connectivity index (χ4v) is 3.47. The molecule has 5 nitrogen and oxygen atoms in total. The molecule has 0 bridgehead atoms. The lowest BCUT2D eigenvalue weighted by molar-refractivity contribution is 0.475. The van der Waals surface area contributed by atoms with Crippen molar-refractivity contribution in [3.63, 3.8) is 0 Å². The number of nitrogens with two attached hydrogens (primary N) is 1. The highest BCUT2D eigenvalue weighted by Gasteiger charge is 2.17. The highest BCUT2D eigenvalue weighted by Crippen LogP contribution is 2.28. The van der Waals surface area contributed by atoms with Gasteiger partial charge in [-0.25, -0.2) is 13.6 Å². The molecule has 1 unspecified atom stereocenters. The molecule has 0 aliphatic heterocycles. The van der Waals surface area contributed by atoms with Crippen LogP contribution in [-0.4, -0.2) is 20.6 Å². The van der Waals surface area contributed by atoms with Crippen molar-refractivity contribution >= 4 is 21.4 Å². The summed E-state index contributed by atoms with van der Waals surface area (Å²) in [6, 6.07) is 8.16. The van der Waals surface area contributed by atoms with E-state index >= 15 is 0 Å². The van der Waals surface area contributed by atoms with Crippen molar-refractivity contribution in [1.29, 1.82) is 0 Å². The molecule has 1 aromatic carbocycles. The molecule has 102 valence electrons. The van der Waals surface area contributed by atoms with E-state index < -0.39 is 10.0 Å². The summed E-state index contributed by atoms with van der Waals surface area (Å²) in [4.78, 5) is 0. The first-order chi connectivity index (χ1) is 8.91. The van der Waals surface area contributed by atoms with E-state index in [0.29, 0.717) is 0 Å². The van der Waals surface area contributed by atoms with Gasteiger partial charge >= 0.3 is 0 Å². The van der Waals surface area contributed by atoms with Crippen LogP contribution in [0.15, 0.2) is 39.9 Å². The largest absolute Gasteiger partial charge is 0.508 e. The molecule has 1 aromatic heterocycles. The van der Waals surface area contributed by atoms with Gasteiger partial charge in [0, 0.05) is 0 Å². The zero-order valence-corrected chi connectivity index (χ0v) is 11.8. The van der Waals surface area contributed by atoms with E-state index in [4.69, 9.17) is 5.14 Å². The summed E-state index contributed by atoms with van der Waals surface area (Å²) in [7, 11) is -1.88. The smallest absolute Gasteiger partial charge is 0.247 e. The molecule has 0 fully saturated rings.